The van der Waals surface area contributed by atoms with Crippen molar-refractivity contribution in [2.45, 2.75) is 13.0 Å². The van der Waals surface area contributed by atoms with Gasteiger partial charge in [-0.3, -0.25) is 4.79 Å². The summed E-state index contributed by atoms with van der Waals surface area (Å²) in [4.78, 5) is 19.3. The summed E-state index contributed by atoms with van der Waals surface area (Å²) in [6.45, 7) is 1.14. The van der Waals surface area contributed by atoms with E-state index < -0.39 is 0 Å². The Morgan fingerprint density at radius 3 is 2.83 bits per heavy atom. The molecule has 6 nitrogen and oxygen atoms in total. The fourth-order valence-electron chi connectivity index (χ4n) is 2.68. The van der Waals surface area contributed by atoms with E-state index in [0.29, 0.717) is 18.8 Å². The number of carbonyl (C=O) groups excluding carboxylic acids is 1. The second kappa shape index (κ2) is 6.56. The lowest BCUT2D eigenvalue weighted by Crippen LogP contribution is -2.40. The number of fused-ring (bicyclic) bond motifs is 1. The Morgan fingerprint density at radius 1 is 1.26 bits per heavy atom. The van der Waals surface area contributed by atoms with Crippen molar-refractivity contribution in [1.29, 1.82) is 0 Å². The summed E-state index contributed by atoms with van der Waals surface area (Å²) in [6, 6.07) is 9.36. The minimum Gasteiger partial charge on any atom is -0.497 e. The molecule has 3 rings (SSSR count). The smallest absolute Gasteiger partial charge is 0.280 e. The molecule has 2 aromatic rings. The largest absolute Gasteiger partial charge is 0.497 e. The topological polar surface area (TPSA) is 64.3 Å². The summed E-state index contributed by atoms with van der Waals surface area (Å²) in [5.74, 6) is 0.971. The lowest BCUT2D eigenvalue weighted by atomic mass is 9.99. The highest BCUT2D eigenvalue weighted by atomic mass is 16.6. The van der Waals surface area contributed by atoms with E-state index >= 15 is 0 Å². The van der Waals surface area contributed by atoms with Gasteiger partial charge in [-0.15, -0.1) is 0 Å². The maximum absolute atomic E-state index is 12.8. The Balaban J connectivity index is 1.84. The first kappa shape index (κ1) is 15.1. The monoisotopic (exact) mass is 314 g/mol. The van der Waals surface area contributed by atoms with E-state index in [1.807, 2.05) is 18.2 Å². The molecule has 2 heterocycles. The zero-order chi connectivity index (χ0) is 16.2. The number of hydrogen-bond acceptors (Lipinski definition) is 5. The van der Waals surface area contributed by atoms with Crippen LogP contribution in [-0.2, 0) is 22.6 Å². The Morgan fingerprint density at radius 2 is 2.13 bits per heavy atom. The fraction of sp³-hybridized carbons (Fsp3) is 0.294. The number of carbonyl (C=O) groups is 1. The van der Waals surface area contributed by atoms with Crippen LogP contribution in [0, 0.1) is 0 Å². The van der Waals surface area contributed by atoms with Crippen molar-refractivity contribution < 1.29 is 18.8 Å². The number of ether oxygens (including phenoxy) is 1. The minimum absolute atomic E-state index is 0.170. The van der Waals surface area contributed by atoms with Crippen LogP contribution in [0.5, 0.6) is 5.75 Å². The zero-order valence-electron chi connectivity index (χ0n) is 13.1. The fourth-order valence-corrected chi connectivity index (χ4v) is 2.68. The van der Waals surface area contributed by atoms with Crippen LogP contribution in [0.4, 0.5) is 0 Å². The average molecular weight is 314 g/mol. The third-order valence-corrected chi connectivity index (χ3v) is 3.85. The second-order valence-corrected chi connectivity index (χ2v) is 5.21. The van der Waals surface area contributed by atoms with Gasteiger partial charge in [0.2, 0.25) is 5.71 Å². The molecule has 0 spiro atoms. The molecule has 1 aromatic heterocycles. The molecule has 120 valence electrons. The maximum Gasteiger partial charge on any atom is 0.280 e. The maximum atomic E-state index is 12.8. The molecular weight excluding hydrogens is 296 g/mol. The highest BCUT2D eigenvalue weighted by Crippen LogP contribution is 2.24. The van der Waals surface area contributed by atoms with Gasteiger partial charge in [-0.2, -0.15) is 0 Å². The van der Waals surface area contributed by atoms with Crippen molar-refractivity contribution in [2.75, 3.05) is 20.8 Å². The second-order valence-electron chi connectivity index (χ2n) is 5.21. The van der Waals surface area contributed by atoms with Crippen molar-refractivity contribution in [3.8, 4) is 5.75 Å². The number of hydrogen-bond donors (Lipinski definition) is 0. The number of furan rings is 1. The number of methoxy groups -OCH3 is 1. The molecule has 0 saturated heterocycles. The van der Waals surface area contributed by atoms with Gasteiger partial charge in [0.25, 0.3) is 5.91 Å². The summed E-state index contributed by atoms with van der Waals surface area (Å²) < 4.78 is 10.5. The van der Waals surface area contributed by atoms with E-state index in [4.69, 9.17) is 14.0 Å². The van der Waals surface area contributed by atoms with Gasteiger partial charge >= 0.3 is 0 Å². The summed E-state index contributed by atoms with van der Waals surface area (Å²) in [5.41, 5.74) is 2.49. The molecule has 1 aromatic carbocycles. The van der Waals surface area contributed by atoms with E-state index in [1.54, 1.807) is 24.1 Å². The number of amides is 1. The number of rotatable bonds is 4. The summed E-state index contributed by atoms with van der Waals surface area (Å²) in [6.07, 6.45) is 2.30. The lowest BCUT2D eigenvalue weighted by Gasteiger charge is -2.29. The average Bonchev–Trinajstić information content (AvgIpc) is 3.12. The van der Waals surface area contributed by atoms with Gasteiger partial charge in [0.15, 0.2) is 5.76 Å². The highest BCUT2D eigenvalue weighted by molar-refractivity contribution is 6.44. The highest BCUT2D eigenvalue weighted by Gasteiger charge is 2.27. The first-order valence-corrected chi connectivity index (χ1v) is 7.33. The molecule has 1 aliphatic heterocycles. The van der Waals surface area contributed by atoms with Crippen molar-refractivity contribution in [3.05, 3.63) is 53.5 Å². The summed E-state index contributed by atoms with van der Waals surface area (Å²) in [5, 5.41) is 3.84. The summed E-state index contributed by atoms with van der Waals surface area (Å²) in [7, 11) is 3.04. The standard InChI is InChI=1S/C17H18N2O4/c1-21-14-6-5-12-7-8-19(11-13(12)10-14)17(20)16(18-22-2)15-4-3-9-23-15/h3-6,9-10H,7-8,11H2,1-2H3/b18-16+. The third kappa shape index (κ3) is 3.06. The van der Waals surface area contributed by atoms with Crippen molar-refractivity contribution in [2.24, 2.45) is 5.16 Å². The summed E-state index contributed by atoms with van der Waals surface area (Å²) >= 11 is 0. The molecule has 1 aliphatic rings. The predicted molar refractivity (Wildman–Crippen MR) is 84.4 cm³/mol. The van der Waals surface area contributed by atoms with E-state index in [0.717, 1.165) is 17.7 Å². The predicted octanol–water partition coefficient (Wildman–Crippen LogP) is 2.22. The first-order valence-electron chi connectivity index (χ1n) is 7.33. The number of oxime groups is 1. The molecule has 0 saturated carbocycles. The molecule has 0 fully saturated rings. The van der Waals surface area contributed by atoms with Crippen LogP contribution in [0.2, 0.25) is 0 Å². The molecule has 23 heavy (non-hydrogen) atoms. The van der Waals surface area contributed by atoms with Gasteiger partial charge in [-0.05, 0) is 41.8 Å². The molecule has 0 unspecified atom stereocenters. The van der Waals surface area contributed by atoms with Crippen LogP contribution < -0.4 is 4.74 Å². The molecule has 1 amide bonds. The Labute approximate surface area is 134 Å². The molecule has 6 heteroatoms. The van der Waals surface area contributed by atoms with Crippen LogP contribution in [0.25, 0.3) is 0 Å². The van der Waals surface area contributed by atoms with Gasteiger partial charge < -0.3 is 18.9 Å². The van der Waals surface area contributed by atoms with Gasteiger partial charge in [0.1, 0.15) is 12.9 Å². The number of nitrogens with zero attached hydrogens (tertiary/aromatic N) is 2. The Bertz CT molecular complexity index is 722. The molecule has 0 aliphatic carbocycles. The van der Waals surface area contributed by atoms with E-state index in [1.165, 1.54) is 18.9 Å². The lowest BCUT2D eigenvalue weighted by molar-refractivity contribution is -0.125. The zero-order valence-corrected chi connectivity index (χ0v) is 13.1. The molecule has 0 atom stereocenters. The van der Waals surface area contributed by atoms with Crippen molar-refractivity contribution >= 4 is 11.6 Å². The van der Waals surface area contributed by atoms with Gasteiger partial charge in [0, 0.05) is 13.1 Å². The van der Waals surface area contributed by atoms with Crippen LogP contribution in [0.3, 0.4) is 0 Å². The van der Waals surface area contributed by atoms with Crippen LogP contribution in [0.1, 0.15) is 16.9 Å². The quantitative estimate of drug-likeness (QED) is 0.641. The first-order chi connectivity index (χ1) is 11.2. The van der Waals surface area contributed by atoms with Crippen LogP contribution in [-0.4, -0.2) is 37.3 Å². The van der Waals surface area contributed by atoms with Gasteiger partial charge in [0.05, 0.1) is 13.4 Å². The number of benzene rings is 1. The Hall–Kier alpha value is -2.76. The van der Waals surface area contributed by atoms with Gasteiger partial charge in [-0.25, -0.2) is 0 Å². The Kier molecular flexibility index (Phi) is 4.32. The molecule has 0 N–H and O–H groups in total. The van der Waals surface area contributed by atoms with E-state index in [2.05, 4.69) is 5.16 Å². The van der Waals surface area contributed by atoms with Gasteiger partial charge in [-0.1, -0.05) is 11.2 Å². The molecule has 0 radical (unpaired) electrons. The minimum atomic E-state index is -0.213. The van der Waals surface area contributed by atoms with Crippen LogP contribution >= 0.6 is 0 Å². The molecule has 0 bridgehead atoms. The third-order valence-electron chi connectivity index (χ3n) is 3.85. The van der Waals surface area contributed by atoms with Crippen LogP contribution in [0.15, 0.2) is 46.2 Å². The van der Waals surface area contributed by atoms with Crippen molar-refractivity contribution in [1.82, 2.24) is 4.90 Å². The molecular formula is C17H18N2O4. The SMILES string of the molecule is CO/N=C(/C(=O)N1CCc2ccc(OC)cc2C1)c1ccco1. The van der Waals surface area contributed by atoms with E-state index in [-0.39, 0.29) is 11.6 Å². The van der Waals surface area contributed by atoms with E-state index in [9.17, 15) is 4.79 Å². The normalized spacial score (nSPS) is 14.3. The van der Waals surface area contributed by atoms with Crippen molar-refractivity contribution in [3.63, 3.8) is 0 Å².